The van der Waals surface area contributed by atoms with Crippen LogP contribution >= 0.6 is 11.6 Å². The van der Waals surface area contributed by atoms with Crippen LogP contribution in [0.2, 0.25) is 5.02 Å². The summed E-state index contributed by atoms with van der Waals surface area (Å²) in [6.45, 7) is 0. The van der Waals surface area contributed by atoms with Crippen LogP contribution in [-0.4, -0.2) is 43.4 Å². The van der Waals surface area contributed by atoms with Crippen LogP contribution in [0.1, 0.15) is 45.8 Å². The molecule has 0 spiro atoms. The third-order valence-electron chi connectivity index (χ3n) is 5.66. The molecule has 0 radical (unpaired) electrons. The molecule has 2 aromatic heterocycles. The molecule has 34 heavy (non-hydrogen) atoms. The number of nitrogens with one attached hydrogen (secondary N) is 2. The fourth-order valence-corrected chi connectivity index (χ4v) is 4.29. The standard InChI is InChI=1S/C21H16ClF4N5O3/c1-31-7-11(16(24)17(31)19(34)28-10-2-3-13(23)12(22)4-10)18(33)14(32)5-20(8-21(25,26)9-20)15-6-27-30-29-15/h2-4,6-7H,5,8-9H2,1H3,(H,28,34)(H,27,29,30). The largest absolute Gasteiger partial charge is 0.343 e. The Morgan fingerprint density at radius 3 is 2.53 bits per heavy atom. The zero-order chi connectivity index (χ0) is 24.8. The van der Waals surface area contributed by atoms with Crippen LogP contribution < -0.4 is 5.32 Å². The number of nitrogens with zero attached hydrogens (tertiary/aromatic N) is 3. The first kappa shape index (κ1) is 23.6. The van der Waals surface area contributed by atoms with E-state index in [9.17, 15) is 27.6 Å². The molecule has 1 fully saturated rings. The maximum atomic E-state index is 15.0. The molecule has 1 aliphatic rings. The maximum absolute atomic E-state index is 15.0. The number of H-pyrrole nitrogens is 1. The molecule has 0 aliphatic heterocycles. The van der Waals surface area contributed by atoms with E-state index in [0.29, 0.717) is 0 Å². The summed E-state index contributed by atoms with van der Waals surface area (Å²) < 4.78 is 56.6. The van der Waals surface area contributed by atoms with Crippen molar-refractivity contribution in [2.75, 3.05) is 5.32 Å². The van der Waals surface area contributed by atoms with Gasteiger partial charge in [0.15, 0.2) is 5.82 Å². The van der Waals surface area contributed by atoms with Gasteiger partial charge in [-0.1, -0.05) is 11.6 Å². The van der Waals surface area contributed by atoms with Gasteiger partial charge in [-0.15, -0.1) is 0 Å². The van der Waals surface area contributed by atoms with E-state index in [1.165, 1.54) is 19.3 Å². The Labute approximate surface area is 194 Å². The van der Waals surface area contributed by atoms with Gasteiger partial charge in [0.25, 0.3) is 5.91 Å². The number of carbonyl (C=O) groups excluding carboxylic acids is 3. The van der Waals surface area contributed by atoms with E-state index < -0.39 is 71.0 Å². The third kappa shape index (κ3) is 4.20. The van der Waals surface area contributed by atoms with Crippen molar-refractivity contribution >= 4 is 34.8 Å². The summed E-state index contributed by atoms with van der Waals surface area (Å²) in [5.41, 5.74) is -2.49. The average Bonchev–Trinajstić information content (AvgIpc) is 3.37. The fourth-order valence-electron chi connectivity index (χ4n) is 4.11. The molecule has 4 rings (SSSR count). The number of Topliss-reactive ketones (excluding diaryl/α,β-unsaturated/α-hetero) is 2. The molecule has 1 amide bonds. The molecule has 178 valence electrons. The van der Waals surface area contributed by atoms with Gasteiger partial charge in [-0.2, -0.15) is 15.4 Å². The molecular formula is C21H16ClF4N5O3. The number of alkyl halides is 2. The van der Waals surface area contributed by atoms with Gasteiger partial charge < -0.3 is 9.88 Å². The second-order valence-electron chi connectivity index (χ2n) is 8.17. The molecule has 1 saturated carbocycles. The highest BCUT2D eigenvalue weighted by atomic mass is 35.5. The lowest BCUT2D eigenvalue weighted by molar-refractivity contribution is -0.139. The highest BCUT2D eigenvalue weighted by Gasteiger charge is 2.59. The van der Waals surface area contributed by atoms with E-state index in [1.54, 1.807) is 0 Å². The Hall–Kier alpha value is -3.54. The van der Waals surface area contributed by atoms with Crippen molar-refractivity contribution in [2.24, 2.45) is 7.05 Å². The predicted octanol–water partition coefficient (Wildman–Crippen LogP) is 3.84. The van der Waals surface area contributed by atoms with Crippen molar-refractivity contribution in [3.63, 3.8) is 0 Å². The molecular weight excluding hydrogens is 482 g/mol. The van der Waals surface area contributed by atoms with Gasteiger partial charge >= 0.3 is 0 Å². The van der Waals surface area contributed by atoms with Crippen molar-refractivity contribution in [1.29, 1.82) is 0 Å². The van der Waals surface area contributed by atoms with Crippen LogP contribution in [0.3, 0.4) is 0 Å². The van der Waals surface area contributed by atoms with E-state index in [1.807, 2.05) is 0 Å². The topological polar surface area (TPSA) is 110 Å². The SMILES string of the molecule is Cn1cc(C(=O)C(=O)CC2(c3cn[nH]n3)CC(F)(F)C2)c(F)c1C(=O)Nc1ccc(F)c(Cl)c1. The zero-order valence-electron chi connectivity index (χ0n) is 17.5. The summed E-state index contributed by atoms with van der Waals surface area (Å²) in [5.74, 6) is -8.37. The molecule has 0 bridgehead atoms. The van der Waals surface area contributed by atoms with E-state index in [2.05, 4.69) is 20.7 Å². The van der Waals surface area contributed by atoms with Crippen molar-refractivity contribution in [1.82, 2.24) is 20.0 Å². The molecule has 2 heterocycles. The van der Waals surface area contributed by atoms with E-state index in [0.717, 1.165) is 22.9 Å². The first-order valence-electron chi connectivity index (χ1n) is 9.85. The number of ketones is 2. The molecule has 2 N–H and O–H groups in total. The molecule has 0 unspecified atom stereocenters. The summed E-state index contributed by atoms with van der Waals surface area (Å²) in [6.07, 6.45) is 0.103. The normalized spacial score (nSPS) is 16.1. The van der Waals surface area contributed by atoms with Gasteiger partial charge in [-0.3, -0.25) is 14.4 Å². The Morgan fingerprint density at radius 1 is 1.24 bits per heavy atom. The minimum absolute atomic E-state index is 0.0708. The number of aromatic amines is 1. The molecule has 13 heteroatoms. The van der Waals surface area contributed by atoms with Crippen LogP contribution in [0, 0.1) is 11.6 Å². The zero-order valence-corrected chi connectivity index (χ0v) is 18.2. The molecule has 1 aliphatic carbocycles. The summed E-state index contributed by atoms with van der Waals surface area (Å²) >= 11 is 5.67. The molecule has 0 saturated heterocycles. The number of halogens is 5. The van der Waals surface area contributed by atoms with E-state index >= 15 is 4.39 Å². The number of aromatic nitrogens is 4. The van der Waals surface area contributed by atoms with Crippen LogP contribution in [0.5, 0.6) is 0 Å². The number of amides is 1. The van der Waals surface area contributed by atoms with E-state index in [4.69, 9.17) is 11.6 Å². The maximum Gasteiger partial charge on any atom is 0.275 e. The predicted molar refractivity (Wildman–Crippen MR) is 111 cm³/mol. The van der Waals surface area contributed by atoms with Crippen molar-refractivity contribution in [3.8, 4) is 0 Å². The van der Waals surface area contributed by atoms with E-state index in [-0.39, 0.29) is 16.4 Å². The monoisotopic (exact) mass is 497 g/mol. The second-order valence-corrected chi connectivity index (χ2v) is 8.58. The third-order valence-corrected chi connectivity index (χ3v) is 5.95. The minimum atomic E-state index is -3.03. The number of benzene rings is 1. The van der Waals surface area contributed by atoms with Crippen molar-refractivity contribution in [3.05, 3.63) is 64.2 Å². The Balaban J connectivity index is 1.55. The molecule has 1 aromatic carbocycles. The van der Waals surface area contributed by atoms with Gasteiger partial charge in [0, 0.05) is 43.6 Å². The lowest BCUT2D eigenvalue weighted by Crippen LogP contribution is -2.51. The van der Waals surface area contributed by atoms with Crippen LogP contribution in [0.25, 0.3) is 0 Å². The summed E-state index contributed by atoms with van der Waals surface area (Å²) in [7, 11) is 1.28. The number of hydrogen-bond acceptors (Lipinski definition) is 5. The van der Waals surface area contributed by atoms with Crippen LogP contribution in [0.15, 0.2) is 30.6 Å². The first-order valence-corrected chi connectivity index (χ1v) is 10.2. The number of rotatable bonds is 7. The van der Waals surface area contributed by atoms with Crippen molar-refractivity contribution < 1.29 is 31.9 Å². The fraction of sp³-hybridized carbons (Fsp3) is 0.286. The lowest BCUT2D eigenvalue weighted by Gasteiger charge is -2.45. The highest BCUT2D eigenvalue weighted by Crippen LogP contribution is 2.54. The molecule has 3 aromatic rings. The lowest BCUT2D eigenvalue weighted by atomic mass is 9.61. The summed E-state index contributed by atoms with van der Waals surface area (Å²) in [6, 6.07) is 3.32. The Kier molecular flexibility index (Phi) is 5.80. The minimum Gasteiger partial charge on any atom is -0.343 e. The van der Waals surface area contributed by atoms with Gasteiger partial charge in [-0.25, -0.2) is 17.6 Å². The number of anilines is 1. The Bertz CT molecular complexity index is 1300. The van der Waals surface area contributed by atoms with Crippen LogP contribution in [0.4, 0.5) is 23.2 Å². The van der Waals surface area contributed by atoms with Gasteiger partial charge in [0.05, 0.1) is 22.5 Å². The smallest absolute Gasteiger partial charge is 0.275 e. The molecule has 8 nitrogen and oxygen atoms in total. The van der Waals surface area contributed by atoms with Crippen molar-refractivity contribution in [2.45, 2.75) is 30.6 Å². The average molecular weight is 498 g/mol. The first-order chi connectivity index (χ1) is 15.9. The van der Waals surface area contributed by atoms with Gasteiger partial charge in [0.2, 0.25) is 17.5 Å². The molecule has 0 atom stereocenters. The van der Waals surface area contributed by atoms with Gasteiger partial charge in [-0.05, 0) is 18.2 Å². The quantitative estimate of drug-likeness (QED) is 0.293. The second kappa shape index (κ2) is 8.35. The van der Waals surface area contributed by atoms with Gasteiger partial charge in [0.1, 0.15) is 11.5 Å². The summed E-state index contributed by atoms with van der Waals surface area (Å²) in [4.78, 5) is 38.0. The summed E-state index contributed by atoms with van der Waals surface area (Å²) in [5, 5.41) is 11.7. The Morgan fingerprint density at radius 2 is 1.94 bits per heavy atom. The van der Waals surface area contributed by atoms with Crippen LogP contribution in [-0.2, 0) is 17.3 Å². The number of carbonyl (C=O) groups is 3. The number of hydrogen-bond donors (Lipinski definition) is 2. The number of aryl methyl sites for hydroxylation is 1. The highest BCUT2D eigenvalue weighted by molar-refractivity contribution is 6.44.